The third kappa shape index (κ3) is 2.89. The summed E-state index contributed by atoms with van der Waals surface area (Å²) in [5.74, 6) is 0.00835. The molecule has 5 heteroatoms. The number of carbonyl (C=O) groups excluding carboxylic acids is 3. The van der Waals surface area contributed by atoms with Crippen molar-refractivity contribution in [2.75, 3.05) is 26.7 Å². The van der Waals surface area contributed by atoms with Crippen molar-refractivity contribution in [2.24, 2.45) is 5.92 Å². The Bertz CT molecular complexity index is 361. The highest BCUT2D eigenvalue weighted by Crippen LogP contribution is 2.24. The second kappa shape index (κ2) is 5.50. The van der Waals surface area contributed by atoms with Crippen LogP contribution in [0.25, 0.3) is 0 Å². The quantitative estimate of drug-likeness (QED) is 0.732. The number of hydrogen-bond donors (Lipinski definition) is 0. The number of amides is 2. The van der Waals surface area contributed by atoms with E-state index in [1.807, 2.05) is 0 Å². The molecular weight excluding hydrogens is 232 g/mol. The lowest BCUT2D eigenvalue weighted by atomic mass is 9.86. The summed E-state index contributed by atoms with van der Waals surface area (Å²) >= 11 is 0. The summed E-state index contributed by atoms with van der Waals surface area (Å²) in [6.07, 6.45) is 5.29. The third-order valence-electron chi connectivity index (χ3n) is 3.88. The largest absolute Gasteiger partial charge is 0.335 e. The Morgan fingerprint density at radius 1 is 1.11 bits per heavy atom. The van der Waals surface area contributed by atoms with Crippen molar-refractivity contribution < 1.29 is 14.4 Å². The third-order valence-corrected chi connectivity index (χ3v) is 3.88. The first-order chi connectivity index (χ1) is 8.58. The average Bonchev–Trinajstić information content (AvgIpc) is 2.37. The number of likely N-dealkylation sites (N-methyl/N-ethyl adjacent to an activating group) is 1. The van der Waals surface area contributed by atoms with Gasteiger partial charge in [-0.15, -0.1) is 0 Å². The van der Waals surface area contributed by atoms with E-state index in [-0.39, 0.29) is 43.1 Å². The Morgan fingerprint density at radius 2 is 1.78 bits per heavy atom. The van der Waals surface area contributed by atoms with Crippen molar-refractivity contribution in [3.8, 4) is 0 Å². The van der Waals surface area contributed by atoms with Gasteiger partial charge in [-0.05, 0) is 12.8 Å². The van der Waals surface area contributed by atoms with Crippen molar-refractivity contribution >= 4 is 17.6 Å². The number of Topliss-reactive ketones (excluding diaryl/α,β-unsaturated/α-hetero) is 1. The van der Waals surface area contributed by atoms with Gasteiger partial charge in [0.25, 0.3) is 0 Å². The van der Waals surface area contributed by atoms with E-state index < -0.39 is 0 Å². The molecule has 0 aromatic rings. The lowest BCUT2D eigenvalue weighted by Gasteiger charge is -2.32. The van der Waals surface area contributed by atoms with Gasteiger partial charge < -0.3 is 9.80 Å². The molecule has 2 amide bonds. The maximum atomic E-state index is 12.1. The highest BCUT2D eigenvalue weighted by Gasteiger charge is 2.30. The van der Waals surface area contributed by atoms with Gasteiger partial charge in [0, 0.05) is 13.0 Å². The van der Waals surface area contributed by atoms with Crippen LogP contribution >= 0.6 is 0 Å². The van der Waals surface area contributed by atoms with Gasteiger partial charge in [0.15, 0.2) is 5.78 Å². The SMILES string of the molecule is CN1CC(=O)N(CC(=O)C2CCCCC2)CC1=O. The van der Waals surface area contributed by atoms with Gasteiger partial charge in [-0.25, -0.2) is 0 Å². The highest BCUT2D eigenvalue weighted by molar-refractivity contribution is 5.95. The fraction of sp³-hybridized carbons (Fsp3) is 0.769. The fourth-order valence-electron chi connectivity index (χ4n) is 2.65. The monoisotopic (exact) mass is 252 g/mol. The Kier molecular flexibility index (Phi) is 3.99. The number of hydrogen-bond acceptors (Lipinski definition) is 3. The molecule has 2 aliphatic rings. The summed E-state index contributed by atoms with van der Waals surface area (Å²) in [6.45, 7) is 0.258. The van der Waals surface area contributed by atoms with Crippen LogP contribution in [0.3, 0.4) is 0 Å². The molecule has 18 heavy (non-hydrogen) atoms. The summed E-state index contributed by atoms with van der Waals surface area (Å²) in [7, 11) is 1.61. The molecule has 0 bridgehead atoms. The lowest BCUT2D eigenvalue weighted by Crippen LogP contribution is -2.53. The molecule has 5 nitrogen and oxygen atoms in total. The molecule has 2 rings (SSSR count). The van der Waals surface area contributed by atoms with E-state index in [0.717, 1.165) is 25.7 Å². The van der Waals surface area contributed by atoms with Gasteiger partial charge in [-0.3, -0.25) is 14.4 Å². The van der Waals surface area contributed by atoms with Crippen LogP contribution in [0.15, 0.2) is 0 Å². The summed E-state index contributed by atoms with van der Waals surface area (Å²) < 4.78 is 0. The van der Waals surface area contributed by atoms with E-state index in [9.17, 15) is 14.4 Å². The Hall–Kier alpha value is -1.39. The molecular formula is C13H20N2O3. The molecule has 1 heterocycles. The van der Waals surface area contributed by atoms with E-state index in [2.05, 4.69) is 0 Å². The average molecular weight is 252 g/mol. The smallest absolute Gasteiger partial charge is 0.243 e. The van der Waals surface area contributed by atoms with E-state index in [1.165, 1.54) is 16.2 Å². The second-order valence-corrected chi connectivity index (χ2v) is 5.30. The number of carbonyl (C=O) groups is 3. The van der Waals surface area contributed by atoms with Gasteiger partial charge in [0.2, 0.25) is 11.8 Å². The molecule has 0 aromatic carbocycles. The maximum absolute atomic E-state index is 12.1. The standard InChI is InChI=1S/C13H20N2O3/c1-14-8-13(18)15(9-12(14)17)7-11(16)10-5-3-2-4-6-10/h10H,2-9H2,1H3. The van der Waals surface area contributed by atoms with Crippen LogP contribution < -0.4 is 0 Å². The van der Waals surface area contributed by atoms with Crippen LogP contribution in [0.1, 0.15) is 32.1 Å². The van der Waals surface area contributed by atoms with Crippen LogP contribution in [0.5, 0.6) is 0 Å². The molecule has 100 valence electrons. The number of piperazine rings is 1. The van der Waals surface area contributed by atoms with Crippen molar-refractivity contribution in [3.63, 3.8) is 0 Å². The molecule has 0 radical (unpaired) electrons. The molecule has 0 unspecified atom stereocenters. The summed E-state index contributed by atoms with van der Waals surface area (Å²) in [4.78, 5) is 38.2. The van der Waals surface area contributed by atoms with Gasteiger partial charge >= 0.3 is 0 Å². The molecule has 1 saturated heterocycles. The first-order valence-electron chi connectivity index (χ1n) is 6.62. The molecule has 2 fully saturated rings. The zero-order valence-electron chi connectivity index (χ0n) is 10.9. The van der Waals surface area contributed by atoms with Gasteiger partial charge in [-0.2, -0.15) is 0 Å². The Balaban J connectivity index is 1.90. The first-order valence-corrected chi connectivity index (χ1v) is 6.62. The van der Waals surface area contributed by atoms with Crippen LogP contribution in [0.2, 0.25) is 0 Å². The second-order valence-electron chi connectivity index (χ2n) is 5.30. The molecule has 1 saturated carbocycles. The Labute approximate surface area is 107 Å². The van der Waals surface area contributed by atoms with Crippen LogP contribution in [0.4, 0.5) is 0 Å². The van der Waals surface area contributed by atoms with E-state index >= 15 is 0 Å². The van der Waals surface area contributed by atoms with Gasteiger partial charge in [0.05, 0.1) is 13.1 Å². The van der Waals surface area contributed by atoms with Crippen LogP contribution in [-0.2, 0) is 14.4 Å². The Morgan fingerprint density at radius 3 is 2.44 bits per heavy atom. The minimum Gasteiger partial charge on any atom is -0.335 e. The zero-order chi connectivity index (χ0) is 13.1. The predicted octanol–water partition coefficient (Wildman–Crippen LogP) is 0.436. The number of ketones is 1. The van der Waals surface area contributed by atoms with Crippen LogP contribution in [-0.4, -0.2) is 54.1 Å². The van der Waals surface area contributed by atoms with Gasteiger partial charge in [-0.1, -0.05) is 19.3 Å². The summed E-state index contributed by atoms with van der Waals surface area (Å²) in [6, 6.07) is 0. The molecule has 1 aliphatic carbocycles. The van der Waals surface area contributed by atoms with E-state index in [0.29, 0.717) is 0 Å². The topological polar surface area (TPSA) is 57.7 Å². The number of rotatable bonds is 3. The van der Waals surface area contributed by atoms with Gasteiger partial charge in [0.1, 0.15) is 6.54 Å². The summed E-state index contributed by atoms with van der Waals surface area (Å²) in [5, 5.41) is 0. The molecule has 1 aliphatic heterocycles. The maximum Gasteiger partial charge on any atom is 0.243 e. The minimum absolute atomic E-state index is 0.0494. The lowest BCUT2D eigenvalue weighted by molar-refractivity contribution is -0.150. The number of nitrogens with zero attached hydrogens (tertiary/aromatic N) is 2. The van der Waals surface area contributed by atoms with Crippen molar-refractivity contribution in [3.05, 3.63) is 0 Å². The van der Waals surface area contributed by atoms with E-state index in [4.69, 9.17) is 0 Å². The van der Waals surface area contributed by atoms with Crippen LogP contribution in [0, 0.1) is 5.92 Å². The van der Waals surface area contributed by atoms with Crippen molar-refractivity contribution in [1.29, 1.82) is 0 Å². The molecule has 0 atom stereocenters. The van der Waals surface area contributed by atoms with Crippen molar-refractivity contribution in [2.45, 2.75) is 32.1 Å². The molecule has 0 spiro atoms. The molecule has 0 aromatic heterocycles. The normalized spacial score (nSPS) is 22.5. The first kappa shape index (κ1) is 13.1. The minimum atomic E-state index is -0.124. The van der Waals surface area contributed by atoms with E-state index in [1.54, 1.807) is 7.05 Å². The highest BCUT2D eigenvalue weighted by atomic mass is 16.2. The predicted molar refractivity (Wildman–Crippen MR) is 65.8 cm³/mol. The zero-order valence-corrected chi connectivity index (χ0v) is 10.9. The van der Waals surface area contributed by atoms with Crippen molar-refractivity contribution in [1.82, 2.24) is 9.80 Å². The molecule has 0 N–H and O–H groups in total. The summed E-state index contributed by atoms with van der Waals surface area (Å²) in [5.41, 5.74) is 0. The fourth-order valence-corrected chi connectivity index (χ4v) is 2.65.